The van der Waals surface area contributed by atoms with E-state index in [2.05, 4.69) is 15.1 Å². The Morgan fingerprint density at radius 3 is 2.13 bits per heavy atom. The zero-order chi connectivity index (χ0) is 21.1. The highest BCUT2D eigenvalue weighted by molar-refractivity contribution is 6.39. The summed E-state index contributed by atoms with van der Waals surface area (Å²) in [5.41, 5.74) is 9.42. The van der Waals surface area contributed by atoms with E-state index in [4.69, 9.17) is 34.3 Å². The van der Waals surface area contributed by atoms with Crippen molar-refractivity contribution in [3.05, 3.63) is 52.0 Å². The number of likely N-dealkylation sites (tertiary alicyclic amines) is 1. The monoisotopic (exact) mass is 446 g/mol. The highest BCUT2D eigenvalue weighted by Crippen LogP contribution is 2.33. The molecule has 6 nitrogen and oxygen atoms in total. The van der Waals surface area contributed by atoms with Crippen LogP contribution in [0.25, 0.3) is 0 Å². The van der Waals surface area contributed by atoms with Gasteiger partial charge in [0.2, 0.25) is 0 Å². The summed E-state index contributed by atoms with van der Waals surface area (Å²) < 4.78 is 0. The standard InChI is InChI=1S/C22H28Cl2N6/c23-19-13-16(15-28-7-1-2-8-28)14-20(24)21(19)27-22(26)30-11-9-29(10-12-30)18-5-3-17(25)4-6-18/h3-6,13-14H,1-2,7-12,15,25H2,(H2,26,27). The number of halogens is 2. The Morgan fingerprint density at radius 2 is 1.53 bits per heavy atom. The topological polar surface area (TPSA) is 71.6 Å². The molecule has 160 valence electrons. The van der Waals surface area contributed by atoms with E-state index in [1.165, 1.54) is 12.8 Å². The second kappa shape index (κ2) is 9.33. The third-order valence-electron chi connectivity index (χ3n) is 5.80. The molecule has 0 saturated carbocycles. The molecule has 2 aromatic carbocycles. The van der Waals surface area contributed by atoms with Crippen molar-refractivity contribution in [2.75, 3.05) is 55.2 Å². The first-order chi connectivity index (χ1) is 14.5. The maximum absolute atomic E-state index is 8.50. The third-order valence-corrected chi connectivity index (χ3v) is 6.40. The first-order valence-electron chi connectivity index (χ1n) is 10.4. The van der Waals surface area contributed by atoms with Crippen molar-refractivity contribution in [1.82, 2.24) is 9.80 Å². The lowest BCUT2D eigenvalue weighted by Gasteiger charge is -2.37. The Bertz CT molecular complexity index is 864. The molecule has 0 aromatic heterocycles. The molecule has 30 heavy (non-hydrogen) atoms. The first kappa shape index (κ1) is 21.1. The summed E-state index contributed by atoms with van der Waals surface area (Å²) in [5.74, 6) is 0.322. The first-order valence-corrected chi connectivity index (χ1v) is 11.2. The molecule has 8 heteroatoms. The van der Waals surface area contributed by atoms with Crippen molar-refractivity contribution in [3.63, 3.8) is 0 Å². The molecule has 0 aliphatic carbocycles. The van der Waals surface area contributed by atoms with E-state index in [1.807, 2.05) is 41.3 Å². The van der Waals surface area contributed by atoms with Gasteiger partial charge in [0.25, 0.3) is 0 Å². The summed E-state index contributed by atoms with van der Waals surface area (Å²) in [6.45, 7) is 6.29. The quantitative estimate of drug-likeness (QED) is 0.370. The van der Waals surface area contributed by atoms with Crippen LogP contribution in [0, 0.1) is 5.41 Å². The van der Waals surface area contributed by atoms with Crippen molar-refractivity contribution < 1.29 is 0 Å². The molecule has 2 aliphatic heterocycles. The lowest BCUT2D eigenvalue weighted by Crippen LogP contribution is -2.50. The predicted octanol–water partition coefficient (Wildman–Crippen LogP) is 4.34. The van der Waals surface area contributed by atoms with Gasteiger partial charge in [-0.3, -0.25) is 10.3 Å². The molecule has 0 spiro atoms. The molecule has 0 radical (unpaired) electrons. The van der Waals surface area contributed by atoms with Crippen molar-refractivity contribution in [1.29, 1.82) is 5.41 Å². The van der Waals surface area contributed by atoms with Gasteiger partial charge in [-0.1, -0.05) is 23.2 Å². The number of nitrogen functional groups attached to an aromatic ring is 1. The minimum atomic E-state index is 0.322. The van der Waals surface area contributed by atoms with Crippen LogP contribution in [0.2, 0.25) is 10.0 Å². The van der Waals surface area contributed by atoms with Crippen LogP contribution in [0.15, 0.2) is 36.4 Å². The van der Waals surface area contributed by atoms with Crippen molar-refractivity contribution in [3.8, 4) is 0 Å². The zero-order valence-corrected chi connectivity index (χ0v) is 18.5. The molecule has 4 rings (SSSR count). The van der Waals surface area contributed by atoms with Crippen LogP contribution in [-0.2, 0) is 6.54 Å². The Hall–Kier alpha value is -2.15. The summed E-state index contributed by atoms with van der Waals surface area (Å²) in [6, 6.07) is 11.8. The van der Waals surface area contributed by atoms with Crippen LogP contribution >= 0.6 is 23.2 Å². The number of nitrogens with two attached hydrogens (primary N) is 1. The van der Waals surface area contributed by atoms with Gasteiger partial charge in [-0.05, 0) is 67.9 Å². The largest absolute Gasteiger partial charge is 0.399 e. The van der Waals surface area contributed by atoms with Gasteiger partial charge in [0, 0.05) is 44.1 Å². The molecular weight excluding hydrogens is 419 g/mol. The fourth-order valence-electron chi connectivity index (χ4n) is 4.11. The molecule has 2 fully saturated rings. The fraction of sp³-hybridized carbons (Fsp3) is 0.409. The van der Waals surface area contributed by atoms with E-state index in [0.29, 0.717) is 21.7 Å². The summed E-state index contributed by atoms with van der Waals surface area (Å²) in [6.07, 6.45) is 2.51. The second-order valence-corrected chi connectivity index (χ2v) is 8.77. The van der Waals surface area contributed by atoms with E-state index in [1.54, 1.807) is 0 Å². The van der Waals surface area contributed by atoms with Crippen molar-refractivity contribution in [2.24, 2.45) is 0 Å². The van der Waals surface area contributed by atoms with Gasteiger partial charge in [0.1, 0.15) is 0 Å². The van der Waals surface area contributed by atoms with E-state index >= 15 is 0 Å². The SMILES string of the molecule is N=C(Nc1c(Cl)cc(CN2CCCC2)cc1Cl)N1CCN(c2ccc(N)cc2)CC1. The number of benzene rings is 2. The second-order valence-electron chi connectivity index (χ2n) is 7.96. The number of anilines is 3. The number of guanidine groups is 1. The zero-order valence-electron chi connectivity index (χ0n) is 17.0. The molecular formula is C22H28Cl2N6. The predicted molar refractivity (Wildman–Crippen MR) is 127 cm³/mol. The van der Waals surface area contributed by atoms with Gasteiger partial charge in [-0.2, -0.15) is 0 Å². The Balaban J connectivity index is 1.35. The van der Waals surface area contributed by atoms with Gasteiger partial charge in [0.15, 0.2) is 5.96 Å². The van der Waals surface area contributed by atoms with Crippen LogP contribution in [0.5, 0.6) is 0 Å². The lowest BCUT2D eigenvalue weighted by molar-refractivity contribution is 0.331. The summed E-state index contributed by atoms with van der Waals surface area (Å²) in [7, 11) is 0. The van der Waals surface area contributed by atoms with E-state index in [0.717, 1.165) is 62.8 Å². The fourth-order valence-corrected chi connectivity index (χ4v) is 4.73. The molecule has 2 saturated heterocycles. The molecule has 0 unspecified atom stereocenters. The Morgan fingerprint density at radius 1 is 0.933 bits per heavy atom. The summed E-state index contributed by atoms with van der Waals surface area (Å²) in [4.78, 5) is 6.73. The molecule has 4 N–H and O–H groups in total. The number of nitrogens with one attached hydrogen (secondary N) is 2. The number of hydrogen-bond acceptors (Lipinski definition) is 4. The van der Waals surface area contributed by atoms with Crippen molar-refractivity contribution >= 4 is 46.2 Å². The van der Waals surface area contributed by atoms with Gasteiger partial charge in [-0.15, -0.1) is 0 Å². The minimum Gasteiger partial charge on any atom is -0.399 e. The van der Waals surface area contributed by atoms with Crippen LogP contribution in [0.1, 0.15) is 18.4 Å². The third kappa shape index (κ3) is 4.94. The van der Waals surface area contributed by atoms with Gasteiger partial charge < -0.3 is 20.9 Å². The van der Waals surface area contributed by atoms with Gasteiger partial charge >= 0.3 is 0 Å². The van der Waals surface area contributed by atoms with Crippen LogP contribution in [0.3, 0.4) is 0 Å². The van der Waals surface area contributed by atoms with Crippen LogP contribution in [-0.4, -0.2) is 55.0 Å². The summed E-state index contributed by atoms with van der Waals surface area (Å²) in [5, 5.41) is 12.7. The number of hydrogen-bond donors (Lipinski definition) is 3. The molecule has 2 heterocycles. The number of nitrogens with zero attached hydrogens (tertiary/aromatic N) is 3. The molecule has 0 amide bonds. The van der Waals surface area contributed by atoms with Gasteiger partial charge in [-0.25, -0.2) is 0 Å². The van der Waals surface area contributed by atoms with Crippen LogP contribution < -0.4 is 16.0 Å². The Labute approximate surface area is 188 Å². The minimum absolute atomic E-state index is 0.322. The molecule has 0 bridgehead atoms. The van der Waals surface area contributed by atoms with E-state index < -0.39 is 0 Å². The number of rotatable bonds is 4. The summed E-state index contributed by atoms with van der Waals surface area (Å²) >= 11 is 13.0. The average molecular weight is 447 g/mol. The van der Waals surface area contributed by atoms with Crippen molar-refractivity contribution in [2.45, 2.75) is 19.4 Å². The number of piperazine rings is 1. The normalized spacial score (nSPS) is 17.4. The van der Waals surface area contributed by atoms with E-state index in [9.17, 15) is 0 Å². The van der Waals surface area contributed by atoms with Gasteiger partial charge in [0.05, 0.1) is 15.7 Å². The van der Waals surface area contributed by atoms with E-state index in [-0.39, 0.29) is 0 Å². The molecule has 2 aromatic rings. The maximum Gasteiger partial charge on any atom is 0.195 e. The van der Waals surface area contributed by atoms with Crippen LogP contribution in [0.4, 0.5) is 17.1 Å². The lowest BCUT2D eigenvalue weighted by atomic mass is 10.2. The highest BCUT2D eigenvalue weighted by Gasteiger charge is 2.21. The Kier molecular flexibility index (Phi) is 6.56. The smallest absolute Gasteiger partial charge is 0.195 e. The average Bonchev–Trinajstić information content (AvgIpc) is 3.24. The molecule has 0 atom stereocenters. The molecule has 2 aliphatic rings. The highest BCUT2D eigenvalue weighted by atomic mass is 35.5. The maximum atomic E-state index is 8.50.